The number of aromatic nitrogens is 1. The van der Waals surface area contributed by atoms with E-state index in [-0.39, 0.29) is 17.9 Å². The predicted molar refractivity (Wildman–Crippen MR) is 118 cm³/mol. The van der Waals surface area contributed by atoms with Crippen LogP contribution in [0, 0.1) is 0 Å². The number of fused-ring (bicyclic) bond motifs is 3. The Labute approximate surface area is 176 Å². The van der Waals surface area contributed by atoms with Crippen LogP contribution in [0.3, 0.4) is 0 Å². The molecule has 1 aliphatic heterocycles. The normalized spacial score (nSPS) is 15.1. The Bertz CT molecular complexity index is 1190. The van der Waals surface area contributed by atoms with Gasteiger partial charge in [-0.3, -0.25) is 14.6 Å². The third-order valence-corrected chi connectivity index (χ3v) is 7.73. The largest absolute Gasteiger partial charge is 0.348 e. The Morgan fingerprint density at radius 1 is 1.00 bits per heavy atom. The summed E-state index contributed by atoms with van der Waals surface area (Å²) in [4.78, 5) is 31.9. The first-order chi connectivity index (χ1) is 14.2. The van der Waals surface area contributed by atoms with Crippen LogP contribution in [0.25, 0.3) is 19.5 Å². The van der Waals surface area contributed by atoms with E-state index in [1.807, 2.05) is 23.1 Å². The number of carbonyl (C=O) groups excluding carboxylic acids is 2. The van der Waals surface area contributed by atoms with Crippen molar-refractivity contribution in [3.05, 3.63) is 65.3 Å². The molecule has 4 aromatic rings. The number of nitrogens with zero attached hydrogens (tertiary/aromatic N) is 2. The van der Waals surface area contributed by atoms with Crippen LogP contribution >= 0.6 is 22.7 Å². The Morgan fingerprint density at radius 2 is 1.76 bits per heavy atom. The van der Waals surface area contributed by atoms with E-state index in [2.05, 4.69) is 22.4 Å². The van der Waals surface area contributed by atoms with Gasteiger partial charge >= 0.3 is 0 Å². The molecule has 5 rings (SSSR count). The molecule has 29 heavy (non-hydrogen) atoms. The van der Waals surface area contributed by atoms with E-state index in [0.29, 0.717) is 18.7 Å². The molecule has 5 nitrogen and oxygen atoms in total. The number of hydrogen-bond donors (Lipinski definition) is 1. The minimum Gasteiger partial charge on any atom is -0.348 e. The molecule has 0 atom stereocenters. The molecule has 0 spiro atoms. The number of pyridine rings is 1. The minimum atomic E-state index is -0.0126. The van der Waals surface area contributed by atoms with Crippen LogP contribution in [0.1, 0.15) is 32.9 Å². The highest BCUT2D eigenvalue weighted by Gasteiger charge is 2.25. The van der Waals surface area contributed by atoms with Crippen molar-refractivity contribution >= 4 is 54.0 Å². The number of rotatable bonds is 3. The Balaban J connectivity index is 1.23. The van der Waals surface area contributed by atoms with Gasteiger partial charge in [0.15, 0.2) is 0 Å². The standard InChI is InChI=1S/C22H19N3O2S2/c26-21(19-13-18-20(29-19)16-3-1-2-4-17(16)28-18)24-15-7-11-25(12-8-15)22(27)14-5-9-23-10-6-14/h1-6,9-10,13,15H,7-8,11-12H2,(H,24,26). The molecule has 0 aliphatic carbocycles. The molecule has 3 aromatic heterocycles. The van der Waals surface area contributed by atoms with Gasteiger partial charge in [-0.15, -0.1) is 22.7 Å². The molecule has 1 fully saturated rings. The van der Waals surface area contributed by atoms with Crippen molar-refractivity contribution in [2.75, 3.05) is 13.1 Å². The number of amides is 2. The third kappa shape index (κ3) is 3.52. The van der Waals surface area contributed by atoms with E-state index in [1.165, 1.54) is 19.5 Å². The van der Waals surface area contributed by atoms with Crippen LogP contribution in [0.2, 0.25) is 0 Å². The molecular formula is C22H19N3O2S2. The zero-order valence-electron chi connectivity index (χ0n) is 15.6. The predicted octanol–water partition coefficient (Wildman–Crippen LogP) is 4.55. The Kier molecular flexibility index (Phi) is 4.77. The number of likely N-dealkylation sites (tertiary alicyclic amines) is 1. The summed E-state index contributed by atoms with van der Waals surface area (Å²) in [5, 5.41) is 4.38. The molecule has 1 saturated heterocycles. The van der Waals surface area contributed by atoms with Gasteiger partial charge in [-0.05, 0) is 37.1 Å². The zero-order chi connectivity index (χ0) is 19.8. The van der Waals surface area contributed by atoms with E-state index in [9.17, 15) is 9.59 Å². The molecule has 0 radical (unpaired) electrons. The topological polar surface area (TPSA) is 62.3 Å². The van der Waals surface area contributed by atoms with Crippen molar-refractivity contribution in [3.63, 3.8) is 0 Å². The Morgan fingerprint density at radius 3 is 2.55 bits per heavy atom. The van der Waals surface area contributed by atoms with Crippen LogP contribution in [-0.2, 0) is 0 Å². The molecule has 2 amide bonds. The van der Waals surface area contributed by atoms with Gasteiger partial charge in [0.05, 0.1) is 9.58 Å². The van der Waals surface area contributed by atoms with Gasteiger partial charge in [0.25, 0.3) is 11.8 Å². The molecule has 0 bridgehead atoms. The summed E-state index contributed by atoms with van der Waals surface area (Å²) in [6.07, 6.45) is 4.81. The summed E-state index contributed by atoms with van der Waals surface area (Å²) >= 11 is 3.29. The molecule has 4 heterocycles. The van der Waals surface area contributed by atoms with Crippen LogP contribution in [0.15, 0.2) is 54.9 Å². The molecule has 0 saturated carbocycles. The fourth-order valence-corrected chi connectivity index (χ4v) is 6.20. The highest BCUT2D eigenvalue weighted by atomic mass is 32.1. The smallest absolute Gasteiger partial charge is 0.261 e. The van der Waals surface area contributed by atoms with Gasteiger partial charge in [-0.1, -0.05) is 18.2 Å². The van der Waals surface area contributed by atoms with E-state index >= 15 is 0 Å². The van der Waals surface area contributed by atoms with Crippen molar-refractivity contribution in [2.24, 2.45) is 0 Å². The van der Waals surface area contributed by atoms with Crippen LogP contribution in [0.5, 0.6) is 0 Å². The summed E-state index contributed by atoms with van der Waals surface area (Å²) in [7, 11) is 0. The van der Waals surface area contributed by atoms with Crippen LogP contribution in [-0.4, -0.2) is 40.8 Å². The highest BCUT2D eigenvalue weighted by Crippen LogP contribution is 2.39. The number of hydrogen-bond acceptors (Lipinski definition) is 5. The summed E-state index contributed by atoms with van der Waals surface area (Å²) in [6, 6.07) is 13.9. The molecule has 0 unspecified atom stereocenters. The number of benzene rings is 1. The van der Waals surface area contributed by atoms with E-state index in [0.717, 1.165) is 17.7 Å². The van der Waals surface area contributed by atoms with Gasteiger partial charge < -0.3 is 10.2 Å². The summed E-state index contributed by atoms with van der Waals surface area (Å²) in [5.74, 6) is 0.0175. The average Bonchev–Trinajstić information content (AvgIpc) is 3.33. The fraction of sp³-hybridized carbons (Fsp3) is 0.227. The lowest BCUT2D eigenvalue weighted by molar-refractivity contribution is 0.0698. The molecular weight excluding hydrogens is 402 g/mol. The second-order valence-corrected chi connectivity index (χ2v) is 9.31. The second kappa shape index (κ2) is 7.57. The van der Waals surface area contributed by atoms with Crippen molar-refractivity contribution in [1.29, 1.82) is 0 Å². The summed E-state index contributed by atoms with van der Waals surface area (Å²) < 4.78 is 3.61. The molecule has 1 N–H and O–H groups in total. The number of piperidine rings is 1. The van der Waals surface area contributed by atoms with Crippen molar-refractivity contribution in [3.8, 4) is 0 Å². The van der Waals surface area contributed by atoms with E-state index in [4.69, 9.17) is 0 Å². The SMILES string of the molecule is O=C(NC1CCN(C(=O)c2ccncc2)CC1)c1cc2sc3ccccc3c2s1. The first-order valence-electron chi connectivity index (χ1n) is 9.60. The van der Waals surface area contributed by atoms with E-state index < -0.39 is 0 Å². The van der Waals surface area contributed by atoms with Crippen LogP contribution < -0.4 is 5.32 Å². The van der Waals surface area contributed by atoms with Crippen molar-refractivity contribution in [1.82, 2.24) is 15.2 Å². The first-order valence-corrected chi connectivity index (χ1v) is 11.2. The maximum absolute atomic E-state index is 12.8. The average molecular weight is 422 g/mol. The number of nitrogens with one attached hydrogen (secondary N) is 1. The van der Waals surface area contributed by atoms with E-state index in [1.54, 1.807) is 47.2 Å². The monoisotopic (exact) mass is 421 g/mol. The lowest BCUT2D eigenvalue weighted by atomic mass is 10.0. The maximum Gasteiger partial charge on any atom is 0.261 e. The lowest BCUT2D eigenvalue weighted by Crippen LogP contribution is -2.46. The minimum absolute atomic E-state index is 0.0126. The molecule has 146 valence electrons. The van der Waals surface area contributed by atoms with Crippen molar-refractivity contribution in [2.45, 2.75) is 18.9 Å². The van der Waals surface area contributed by atoms with Gasteiger partial charge in [-0.2, -0.15) is 0 Å². The summed E-state index contributed by atoms with van der Waals surface area (Å²) in [6.45, 7) is 1.30. The zero-order valence-corrected chi connectivity index (χ0v) is 17.3. The third-order valence-electron chi connectivity index (χ3n) is 5.32. The number of thiophene rings is 2. The first kappa shape index (κ1) is 18.3. The quantitative estimate of drug-likeness (QED) is 0.528. The van der Waals surface area contributed by atoms with Gasteiger partial charge in [-0.25, -0.2) is 0 Å². The van der Waals surface area contributed by atoms with Gasteiger partial charge in [0.1, 0.15) is 0 Å². The molecule has 1 aromatic carbocycles. The van der Waals surface area contributed by atoms with Gasteiger partial charge in [0.2, 0.25) is 0 Å². The fourth-order valence-electron chi connectivity index (χ4n) is 3.77. The Hall–Kier alpha value is -2.77. The molecule has 7 heteroatoms. The van der Waals surface area contributed by atoms with Crippen molar-refractivity contribution < 1.29 is 9.59 Å². The van der Waals surface area contributed by atoms with Gasteiger partial charge in [0, 0.05) is 51.9 Å². The lowest BCUT2D eigenvalue weighted by Gasteiger charge is -2.32. The second-order valence-electron chi connectivity index (χ2n) is 7.18. The maximum atomic E-state index is 12.8. The summed E-state index contributed by atoms with van der Waals surface area (Å²) in [5.41, 5.74) is 0.661. The highest BCUT2D eigenvalue weighted by molar-refractivity contribution is 7.33. The molecule has 1 aliphatic rings. The number of carbonyl (C=O) groups is 2. The van der Waals surface area contributed by atoms with Crippen LogP contribution in [0.4, 0.5) is 0 Å².